The van der Waals surface area contributed by atoms with Crippen LogP contribution in [-0.2, 0) is 19.9 Å². The second-order valence-corrected chi connectivity index (χ2v) is 9.63. The van der Waals surface area contributed by atoms with E-state index < -0.39 is 25.9 Å². The summed E-state index contributed by atoms with van der Waals surface area (Å²) in [6.45, 7) is 5.80. The van der Waals surface area contributed by atoms with Crippen LogP contribution in [0.4, 0.5) is 0 Å². The van der Waals surface area contributed by atoms with Crippen molar-refractivity contribution in [3.63, 3.8) is 0 Å². The van der Waals surface area contributed by atoms with E-state index in [1.165, 1.54) is 4.31 Å². The van der Waals surface area contributed by atoms with E-state index in [1.807, 2.05) is 13.8 Å². The monoisotopic (exact) mass is 331 g/mol. The zero-order valence-corrected chi connectivity index (χ0v) is 14.2. The number of hydrogen-bond acceptors (Lipinski definition) is 4. The second-order valence-electron chi connectivity index (χ2n) is 5.51. The van der Waals surface area contributed by atoms with Crippen molar-refractivity contribution in [2.75, 3.05) is 18.1 Å². The molecule has 1 aliphatic heterocycles. The molecule has 0 amide bonds. The number of nitrogens with zero attached hydrogens (tertiary/aromatic N) is 1. The molecule has 1 heterocycles. The Balaban J connectivity index is 2.38. The summed E-state index contributed by atoms with van der Waals surface area (Å²) in [5, 5.41) is 0. The van der Waals surface area contributed by atoms with E-state index in [2.05, 4.69) is 0 Å². The van der Waals surface area contributed by atoms with E-state index in [4.69, 9.17) is 0 Å². The van der Waals surface area contributed by atoms with Crippen LogP contribution in [0, 0.1) is 13.8 Å². The quantitative estimate of drug-likeness (QED) is 0.838. The van der Waals surface area contributed by atoms with Gasteiger partial charge >= 0.3 is 0 Å². The van der Waals surface area contributed by atoms with Crippen molar-refractivity contribution >= 4 is 19.9 Å². The zero-order chi connectivity index (χ0) is 15.8. The molecule has 0 aromatic heterocycles. The summed E-state index contributed by atoms with van der Waals surface area (Å²) in [5.41, 5.74) is 1.94. The lowest BCUT2D eigenvalue weighted by atomic mass is 10.1. The molecule has 1 aromatic rings. The maximum atomic E-state index is 12.8. The molecule has 1 atom stereocenters. The maximum Gasteiger partial charge on any atom is 0.243 e. The molecule has 21 heavy (non-hydrogen) atoms. The Bertz CT molecular complexity index is 738. The van der Waals surface area contributed by atoms with Gasteiger partial charge in [-0.15, -0.1) is 0 Å². The molecule has 0 N–H and O–H groups in total. The van der Waals surface area contributed by atoms with Gasteiger partial charge in [0.15, 0.2) is 9.84 Å². The van der Waals surface area contributed by atoms with Crippen LogP contribution in [0.2, 0.25) is 0 Å². The first-order valence-corrected chi connectivity index (χ1v) is 10.2. The third-order valence-electron chi connectivity index (χ3n) is 4.01. The molecule has 1 fully saturated rings. The second kappa shape index (κ2) is 5.70. The summed E-state index contributed by atoms with van der Waals surface area (Å²) in [6.07, 6.45) is 0.375. The third kappa shape index (κ3) is 3.30. The fourth-order valence-corrected chi connectivity index (χ4v) is 6.21. The minimum absolute atomic E-state index is 0.0661. The van der Waals surface area contributed by atoms with Crippen LogP contribution in [0.1, 0.15) is 24.5 Å². The highest BCUT2D eigenvalue weighted by Gasteiger charge is 2.37. The van der Waals surface area contributed by atoms with E-state index in [0.717, 1.165) is 11.1 Å². The highest BCUT2D eigenvalue weighted by atomic mass is 32.2. The van der Waals surface area contributed by atoms with Crippen LogP contribution < -0.4 is 0 Å². The molecule has 2 rings (SSSR count). The number of hydrogen-bond donors (Lipinski definition) is 0. The lowest BCUT2D eigenvalue weighted by molar-refractivity contribution is 0.354. The molecule has 1 aromatic carbocycles. The topological polar surface area (TPSA) is 71.5 Å². The van der Waals surface area contributed by atoms with Gasteiger partial charge in [0.25, 0.3) is 0 Å². The molecule has 7 heteroatoms. The molecule has 1 saturated heterocycles. The Labute approximate surface area is 126 Å². The summed E-state index contributed by atoms with van der Waals surface area (Å²) in [4.78, 5) is 0.233. The molecule has 0 saturated carbocycles. The summed E-state index contributed by atoms with van der Waals surface area (Å²) >= 11 is 0. The number of sulfone groups is 1. The van der Waals surface area contributed by atoms with Crippen molar-refractivity contribution in [3.8, 4) is 0 Å². The molecule has 1 aliphatic rings. The SMILES string of the molecule is CCN([C@@H]1CCS(=O)(=O)C1)S(=O)(=O)c1ccc(C)c(C)c1. The average Bonchev–Trinajstić information content (AvgIpc) is 2.73. The number of benzene rings is 1. The van der Waals surface area contributed by atoms with Gasteiger partial charge in [-0.3, -0.25) is 0 Å². The van der Waals surface area contributed by atoms with Crippen molar-refractivity contribution < 1.29 is 16.8 Å². The van der Waals surface area contributed by atoms with Crippen LogP contribution in [0.3, 0.4) is 0 Å². The first-order valence-electron chi connectivity index (χ1n) is 6.97. The molecular weight excluding hydrogens is 310 g/mol. The van der Waals surface area contributed by atoms with E-state index in [9.17, 15) is 16.8 Å². The van der Waals surface area contributed by atoms with Gasteiger partial charge in [-0.05, 0) is 43.5 Å². The van der Waals surface area contributed by atoms with Crippen LogP contribution in [0.15, 0.2) is 23.1 Å². The van der Waals surface area contributed by atoms with Gasteiger partial charge in [0, 0.05) is 12.6 Å². The highest BCUT2D eigenvalue weighted by molar-refractivity contribution is 7.92. The Morgan fingerprint density at radius 1 is 1.24 bits per heavy atom. The zero-order valence-electron chi connectivity index (χ0n) is 12.5. The first-order chi connectivity index (χ1) is 9.67. The van der Waals surface area contributed by atoms with E-state index in [-0.39, 0.29) is 22.9 Å². The van der Waals surface area contributed by atoms with Gasteiger partial charge < -0.3 is 0 Å². The predicted molar refractivity (Wildman–Crippen MR) is 82.5 cm³/mol. The molecule has 0 aliphatic carbocycles. The van der Waals surface area contributed by atoms with Crippen molar-refractivity contribution in [2.24, 2.45) is 0 Å². The Kier molecular flexibility index (Phi) is 4.46. The normalized spacial score (nSPS) is 21.8. The van der Waals surface area contributed by atoms with Crippen LogP contribution in [0.25, 0.3) is 0 Å². The Morgan fingerprint density at radius 3 is 2.38 bits per heavy atom. The van der Waals surface area contributed by atoms with Crippen molar-refractivity contribution in [1.82, 2.24) is 4.31 Å². The molecule has 0 spiro atoms. The van der Waals surface area contributed by atoms with Crippen molar-refractivity contribution in [2.45, 2.75) is 38.1 Å². The number of aryl methyl sites for hydroxylation is 2. The summed E-state index contributed by atoms with van der Waals surface area (Å²) in [6, 6.07) is 4.56. The Morgan fingerprint density at radius 2 is 1.90 bits per heavy atom. The van der Waals surface area contributed by atoms with Gasteiger partial charge in [-0.2, -0.15) is 4.31 Å². The highest BCUT2D eigenvalue weighted by Crippen LogP contribution is 2.25. The van der Waals surface area contributed by atoms with Crippen molar-refractivity contribution in [3.05, 3.63) is 29.3 Å². The molecule has 0 radical (unpaired) electrons. The summed E-state index contributed by atoms with van der Waals surface area (Å²) < 4.78 is 50.0. The largest absolute Gasteiger partial charge is 0.243 e. The van der Waals surface area contributed by atoms with Crippen LogP contribution in [0.5, 0.6) is 0 Å². The average molecular weight is 331 g/mol. The molecule has 118 valence electrons. The van der Waals surface area contributed by atoms with Gasteiger partial charge in [-0.1, -0.05) is 13.0 Å². The van der Waals surface area contributed by atoms with Gasteiger partial charge in [-0.25, -0.2) is 16.8 Å². The molecule has 0 bridgehead atoms. The van der Waals surface area contributed by atoms with Crippen LogP contribution >= 0.6 is 0 Å². The van der Waals surface area contributed by atoms with Gasteiger partial charge in [0.1, 0.15) is 0 Å². The maximum absolute atomic E-state index is 12.8. The van der Waals surface area contributed by atoms with Gasteiger partial charge in [0.2, 0.25) is 10.0 Å². The Hall–Kier alpha value is -0.920. The molecular formula is C14H21NO4S2. The molecule has 5 nitrogen and oxygen atoms in total. The minimum Gasteiger partial charge on any atom is -0.229 e. The standard InChI is InChI=1S/C14H21NO4S2/c1-4-15(13-7-8-20(16,17)10-13)21(18,19)14-6-5-11(2)12(3)9-14/h5-6,9,13H,4,7-8,10H2,1-3H3/t13-/m1/s1. The lowest BCUT2D eigenvalue weighted by Crippen LogP contribution is -2.40. The van der Waals surface area contributed by atoms with E-state index in [1.54, 1.807) is 25.1 Å². The van der Waals surface area contributed by atoms with Crippen molar-refractivity contribution in [1.29, 1.82) is 0 Å². The summed E-state index contributed by atoms with van der Waals surface area (Å²) in [7, 11) is -6.77. The summed E-state index contributed by atoms with van der Waals surface area (Å²) in [5.74, 6) is -0.0124. The van der Waals surface area contributed by atoms with E-state index >= 15 is 0 Å². The fourth-order valence-electron chi connectivity index (χ4n) is 2.64. The lowest BCUT2D eigenvalue weighted by Gasteiger charge is -2.26. The predicted octanol–water partition coefficient (Wildman–Crippen LogP) is 1.50. The fraction of sp³-hybridized carbons (Fsp3) is 0.571. The number of rotatable bonds is 4. The first kappa shape index (κ1) is 16.5. The van der Waals surface area contributed by atoms with E-state index in [0.29, 0.717) is 6.42 Å². The number of sulfonamides is 1. The van der Waals surface area contributed by atoms with Gasteiger partial charge in [0.05, 0.1) is 16.4 Å². The van der Waals surface area contributed by atoms with Crippen LogP contribution in [-0.4, -0.2) is 45.2 Å². The minimum atomic E-state index is -3.66. The third-order valence-corrected chi connectivity index (χ3v) is 7.79. The smallest absolute Gasteiger partial charge is 0.229 e. The molecule has 0 unspecified atom stereocenters.